The fourth-order valence-electron chi connectivity index (χ4n) is 2.73. The standard InChI is InChI=1S/C15H17F2NO2/c1-9-5-10(2)18(8-9)15-12(16)6-11(7-13(15)17)3-4-14(19)20/h3-4,6-7,9-10H,5,8H2,1-2H3,(H,19,20)/b4-3+. The minimum absolute atomic E-state index is 0.0191. The van der Waals surface area contributed by atoms with Crippen molar-refractivity contribution in [2.24, 2.45) is 5.92 Å². The number of carbonyl (C=O) groups is 1. The van der Waals surface area contributed by atoms with Gasteiger partial charge in [0.25, 0.3) is 0 Å². The van der Waals surface area contributed by atoms with Crippen LogP contribution in [0.3, 0.4) is 0 Å². The predicted molar refractivity (Wildman–Crippen MR) is 73.6 cm³/mol. The first-order chi connectivity index (χ1) is 9.38. The van der Waals surface area contributed by atoms with Crippen LogP contribution in [0.5, 0.6) is 0 Å². The number of carboxylic acids is 1. The second-order valence-corrected chi connectivity index (χ2v) is 5.35. The van der Waals surface area contributed by atoms with Gasteiger partial charge in [0.15, 0.2) is 0 Å². The van der Waals surface area contributed by atoms with E-state index in [4.69, 9.17) is 5.11 Å². The van der Waals surface area contributed by atoms with E-state index in [9.17, 15) is 13.6 Å². The molecule has 0 saturated carbocycles. The molecular weight excluding hydrogens is 264 g/mol. The van der Waals surface area contributed by atoms with E-state index >= 15 is 0 Å². The van der Waals surface area contributed by atoms with Crippen molar-refractivity contribution in [2.45, 2.75) is 26.3 Å². The van der Waals surface area contributed by atoms with Crippen molar-refractivity contribution in [3.63, 3.8) is 0 Å². The lowest BCUT2D eigenvalue weighted by molar-refractivity contribution is -0.131. The minimum Gasteiger partial charge on any atom is -0.478 e. The van der Waals surface area contributed by atoms with Crippen molar-refractivity contribution in [1.29, 1.82) is 0 Å². The van der Waals surface area contributed by atoms with Gasteiger partial charge in [-0.3, -0.25) is 0 Å². The van der Waals surface area contributed by atoms with Crippen molar-refractivity contribution >= 4 is 17.7 Å². The van der Waals surface area contributed by atoms with Gasteiger partial charge in [-0.2, -0.15) is 0 Å². The SMILES string of the molecule is CC1CC(C)N(c2c(F)cc(/C=C/C(=O)O)cc2F)C1. The van der Waals surface area contributed by atoms with Crippen LogP contribution >= 0.6 is 0 Å². The van der Waals surface area contributed by atoms with E-state index in [1.54, 1.807) is 4.90 Å². The quantitative estimate of drug-likeness (QED) is 0.864. The van der Waals surface area contributed by atoms with Gasteiger partial charge in [0.1, 0.15) is 17.3 Å². The summed E-state index contributed by atoms with van der Waals surface area (Å²) in [6.45, 7) is 4.62. The summed E-state index contributed by atoms with van der Waals surface area (Å²) >= 11 is 0. The number of rotatable bonds is 3. The summed E-state index contributed by atoms with van der Waals surface area (Å²) in [7, 11) is 0. The second kappa shape index (κ2) is 5.61. The first-order valence-electron chi connectivity index (χ1n) is 6.55. The zero-order valence-electron chi connectivity index (χ0n) is 11.4. The van der Waals surface area contributed by atoms with Crippen LogP contribution in [0.1, 0.15) is 25.8 Å². The maximum absolute atomic E-state index is 14.1. The lowest BCUT2D eigenvalue weighted by atomic mass is 10.1. The fourth-order valence-corrected chi connectivity index (χ4v) is 2.73. The monoisotopic (exact) mass is 281 g/mol. The molecule has 0 amide bonds. The van der Waals surface area contributed by atoms with E-state index < -0.39 is 17.6 Å². The summed E-state index contributed by atoms with van der Waals surface area (Å²) < 4.78 is 28.2. The molecule has 20 heavy (non-hydrogen) atoms. The van der Waals surface area contributed by atoms with Crippen LogP contribution in [0.2, 0.25) is 0 Å². The summed E-state index contributed by atoms with van der Waals surface area (Å²) in [5.41, 5.74) is 0.181. The van der Waals surface area contributed by atoms with Gasteiger partial charge in [-0.25, -0.2) is 13.6 Å². The van der Waals surface area contributed by atoms with Crippen LogP contribution < -0.4 is 4.90 Å². The molecule has 1 saturated heterocycles. The first-order valence-corrected chi connectivity index (χ1v) is 6.55. The molecular formula is C15H17F2NO2. The van der Waals surface area contributed by atoms with Gasteiger partial charge in [0, 0.05) is 18.7 Å². The number of nitrogens with zero attached hydrogens (tertiary/aromatic N) is 1. The molecule has 1 fully saturated rings. The molecule has 2 unspecified atom stereocenters. The number of aliphatic carboxylic acids is 1. The topological polar surface area (TPSA) is 40.5 Å². The first kappa shape index (κ1) is 14.5. The number of benzene rings is 1. The number of carboxylic acid groups (broad SMARTS) is 1. The van der Waals surface area contributed by atoms with E-state index in [1.807, 2.05) is 6.92 Å². The molecule has 2 atom stereocenters. The molecule has 5 heteroatoms. The van der Waals surface area contributed by atoms with Crippen molar-refractivity contribution in [3.8, 4) is 0 Å². The van der Waals surface area contributed by atoms with Crippen molar-refractivity contribution in [2.75, 3.05) is 11.4 Å². The number of anilines is 1. The average molecular weight is 281 g/mol. The Labute approximate surface area is 116 Å². The molecule has 0 radical (unpaired) electrons. The Morgan fingerprint density at radius 3 is 2.40 bits per heavy atom. The van der Waals surface area contributed by atoms with Gasteiger partial charge in [-0.05, 0) is 43.0 Å². The lowest BCUT2D eigenvalue weighted by Gasteiger charge is -2.25. The zero-order valence-corrected chi connectivity index (χ0v) is 11.4. The third-order valence-corrected chi connectivity index (χ3v) is 3.53. The van der Waals surface area contributed by atoms with Crippen LogP contribution in [0.15, 0.2) is 18.2 Å². The molecule has 0 spiro atoms. The van der Waals surface area contributed by atoms with E-state index in [0.29, 0.717) is 12.5 Å². The van der Waals surface area contributed by atoms with Gasteiger partial charge < -0.3 is 10.0 Å². The van der Waals surface area contributed by atoms with E-state index in [1.165, 1.54) is 6.08 Å². The van der Waals surface area contributed by atoms with Crippen LogP contribution in [0.25, 0.3) is 6.08 Å². The summed E-state index contributed by atoms with van der Waals surface area (Å²) in [5.74, 6) is -2.07. The van der Waals surface area contributed by atoms with Crippen LogP contribution in [-0.2, 0) is 4.79 Å². The number of hydrogen-bond donors (Lipinski definition) is 1. The summed E-state index contributed by atoms with van der Waals surface area (Å²) in [6.07, 6.45) is 2.93. The van der Waals surface area contributed by atoms with Crippen molar-refractivity contribution in [1.82, 2.24) is 0 Å². The molecule has 108 valence electrons. The highest BCUT2D eigenvalue weighted by Crippen LogP contribution is 2.33. The number of hydrogen-bond acceptors (Lipinski definition) is 2. The Balaban J connectivity index is 2.34. The second-order valence-electron chi connectivity index (χ2n) is 5.35. The molecule has 1 aromatic rings. The lowest BCUT2D eigenvalue weighted by Crippen LogP contribution is -2.28. The van der Waals surface area contributed by atoms with E-state index in [-0.39, 0.29) is 17.3 Å². The van der Waals surface area contributed by atoms with Gasteiger partial charge in [0.2, 0.25) is 0 Å². The molecule has 0 bridgehead atoms. The number of halogens is 2. The molecule has 3 nitrogen and oxygen atoms in total. The van der Waals surface area contributed by atoms with Gasteiger partial charge in [0.05, 0.1) is 0 Å². The maximum Gasteiger partial charge on any atom is 0.328 e. The molecule has 1 heterocycles. The van der Waals surface area contributed by atoms with Gasteiger partial charge >= 0.3 is 5.97 Å². The molecule has 1 N–H and O–H groups in total. The molecule has 1 aliphatic rings. The van der Waals surface area contributed by atoms with Crippen molar-refractivity contribution in [3.05, 3.63) is 35.4 Å². The molecule has 0 aliphatic carbocycles. The molecule has 2 rings (SSSR count). The third-order valence-electron chi connectivity index (χ3n) is 3.53. The van der Waals surface area contributed by atoms with E-state index in [2.05, 4.69) is 6.92 Å². The summed E-state index contributed by atoms with van der Waals surface area (Å²) in [5, 5.41) is 8.52. The molecule has 0 aromatic heterocycles. The highest BCUT2D eigenvalue weighted by Gasteiger charge is 2.30. The summed E-state index contributed by atoms with van der Waals surface area (Å²) in [6, 6.07) is 2.41. The molecule has 1 aromatic carbocycles. The Morgan fingerprint density at radius 2 is 1.95 bits per heavy atom. The van der Waals surface area contributed by atoms with Crippen LogP contribution in [0, 0.1) is 17.6 Å². The molecule has 1 aliphatic heterocycles. The predicted octanol–water partition coefficient (Wildman–Crippen LogP) is 3.30. The van der Waals surface area contributed by atoms with E-state index in [0.717, 1.165) is 24.6 Å². The Bertz CT molecular complexity index is 534. The minimum atomic E-state index is -1.16. The average Bonchev–Trinajstić information content (AvgIpc) is 2.65. The third kappa shape index (κ3) is 2.98. The highest BCUT2D eigenvalue weighted by atomic mass is 19.1. The fraction of sp³-hybridized carbons (Fsp3) is 0.400. The zero-order chi connectivity index (χ0) is 14.9. The Hall–Kier alpha value is -1.91. The highest BCUT2D eigenvalue weighted by molar-refractivity contribution is 5.85. The van der Waals surface area contributed by atoms with Gasteiger partial charge in [-0.1, -0.05) is 6.92 Å². The van der Waals surface area contributed by atoms with Crippen LogP contribution in [-0.4, -0.2) is 23.7 Å². The summed E-state index contributed by atoms with van der Waals surface area (Å²) in [4.78, 5) is 12.2. The normalized spacial score (nSPS) is 22.7. The van der Waals surface area contributed by atoms with Crippen LogP contribution in [0.4, 0.5) is 14.5 Å². The largest absolute Gasteiger partial charge is 0.478 e. The van der Waals surface area contributed by atoms with Gasteiger partial charge in [-0.15, -0.1) is 0 Å². The smallest absolute Gasteiger partial charge is 0.328 e. The van der Waals surface area contributed by atoms with Crippen molar-refractivity contribution < 1.29 is 18.7 Å². The Kier molecular flexibility index (Phi) is 4.06. The Morgan fingerprint density at radius 1 is 1.35 bits per heavy atom. The maximum atomic E-state index is 14.1.